The highest BCUT2D eigenvalue weighted by Crippen LogP contribution is 2.36. The number of thioether (sulfide) groups is 1. The number of alkyl halides is 3. The molecular formula is C28H23F4N7O3S. The van der Waals surface area contributed by atoms with Gasteiger partial charge in [0.1, 0.15) is 17.9 Å². The summed E-state index contributed by atoms with van der Waals surface area (Å²) in [5.74, 6) is -0.237. The molecule has 1 fully saturated rings. The number of ether oxygens (including phenoxy) is 1. The van der Waals surface area contributed by atoms with Crippen molar-refractivity contribution in [2.45, 2.75) is 25.9 Å². The van der Waals surface area contributed by atoms with Crippen molar-refractivity contribution >= 4 is 40.2 Å². The first-order valence-electron chi connectivity index (χ1n) is 12.7. The Morgan fingerprint density at radius 3 is 2.56 bits per heavy atom. The number of methoxy groups -OCH3 is 1. The quantitative estimate of drug-likeness (QED) is 0.254. The lowest BCUT2D eigenvalue weighted by atomic mass is 10.00. The third-order valence-electron chi connectivity index (χ3n) is 6.33. The molecule has 3 amide bonds. The van der Waals surface area contributed by atoms with Crippen LogP contribution in [-0.2, 0) is 11.0 Å². The van der Waals surface area contributed by atoms with Gasteiger partial charge >= 0.3 is 12.2 Å². The molecule has 3 heterocycles. The second kappa shape index (κ2) is 11.8. The summed E-state index contributed by atoms with van der Waals surface area (Å²) >= 11 is 1.08. The Balaban J connectivity index is 1.33. The van der Waals surface area contributed by atoms with Crippen LogP contribution in [0.15, 0.2) is 66.0 Å². The molecule has 5 rings (SSSR count). The Bertz CT molecular complexity index is 1720. The molecule has 0 bridgehead atoms. The number of carbonyl (C=O) groups excluding carboxylic acids is 2. The number of amidine groups is 1. The molecule has 222 valence electrons. The highest BCUT2D eigenvalue weighted by molar-refractivity contribution is 8.15. The summed E-state index contributed by atoms with van der Waals surface area (Å²) in [6, 6.07) is 10.3. The number of nitrogens with one attached hydrogen (secondary N) is 1. The minimum atomic E-state index is -4.53. The monoisotopic (exact) mass is 613 g/mol. The van der Waals surface area contributed by atoms with Crippen LogP contribution in [0, 0.1) is 5.82 Å². The van der Waals surface area contributed by atoms with Gasteiger partial charge in [0, 0.05) is 17.8 Å². The molecule has 0 saturated carbocycles. The zero-order valence-electron chi connectivity index (χ0n) is 22.9. The number of amides is 3. The average Bonchev–Trinajstić information content (AvgIpc) is 3.60. The number of urea groups is 1. The van der Waals surface area contributed by atoms with E-state index in [9.17, 15) is 27.2 Å². The lowest BCUT2D eigenvalue weighted by molar-refractivity contribution is -0.137. The number of aliphatic imine (C=N–C) groups is 1. The maximum Gasteiger partial charge on any atom is 0.417 e. The Labute approximate surface area is 246 Å². The van der Waals surface area contributed by atoms with Gasteiger partial charge in [-0.15, -0.1) is 5.10 Å². The van der Waals surface area contributed by atoms with E-state index in [1.807, 2.05) is 19.9 Å². The van der Waals surface area contributed by atoms with E-state index in [-0.39, 0.29) is 45.6 Å². The number of hydrogen-bond donors (Lipinski definition) is 1. The number of rotatable bonds is 6. The highest BCUT2D eigenvalue weighted by atomic mass is 32.2. The Kier molecular flexibility index (Phi) is 8.17. The van der Waals surface area contributed by atoms with Gasteiger partial charge in [-0.2, -0.15) is 18.2 Å². The molecule has 15 heteroatoms. The molecular weight excluding hydrogens is 590 g/mol. The molecule has 2 aromatic carbocycles. The highest BCUT2D eigenvalue weighted by Gasteiger charge is 2.33. The van der Waals surface area contributed by atoms with Crippen LogP contribution >= 0.6 is 11.8 Å². The van der Waals surface area contributed by atoms with Crippen molar-refractivity contribution in [2.75, 3.05) is 23.1 Å². The SMILES string of the molecule is COc1ccc(C(C)C)c(N2C(=O)CSC2=NC(=O)Nc2ccc(-c3ncn(-c4ccc(C(F)(F)F)cn4)n3)cc2F)c1. The molecule has 0 radical (unpaired) electrons. The van der Waals surface area contributed by atoms with Crippen molar-refractivity contribution < 1.29 is 31.9 Å². The second-order valence-corrected chi connectivity index (χ2v) is 10.5. The van der Waals surface area contributed by atoms with Crippen molar-refractivity contribution in [3.63, 3.8) is 0 Å². The lowest BCUT2D eigenvalue weighted by Gasteiger charge is -2.22. The molecule has 2 aromatic heterocycles. The summed E-state index contributed by atoms with van der Waals surface area (Å²) in [5, 5.41) is 6.68. The number of carbonyl (C=O) groups is 2. The predicted molar refractivity (Wildman–Crippen MR) is 153 cm³/mol. The van der Waals surface area contributed by atoms with Gasteiger partial charge in [-0.1, -0.05) is 31.7 Å². The number of aromatic nitrogens is 4. The fourth-order valence-electron chi connectivity index (χ4n) is 4.19. The minimum absolute atomic E-state index is 0.0640. The standard InChI is InChI=1S/C28H23F4N7O3S/c1-15(2)19-7-6-18(42-3)11-22(19)39-24(40)13-43-27(39)36-26(41)35-21-8-4-16(10-20(21)29)25-34-14-38(37-25)23-9-5-17(12-33-23)28(30,31)32/h4-12,14-15H,13H2,1-3H3,(H,35,41). The first-order valence-corrected chi connectivity index (χ1v) is 13.7. The fourth-order valence-corrected chi connectivity index (χ4v) is 5.05. The van der Waals surface area contributed by atoms with E-state index in [0.717, 1.165) is 40.2 Å². The van der Waals surface area contributed by atoms with Gasteiger partial charge in [-0.05, 0) is 47.9 Å². The largest absolute Gasteiger partial charge is 0.497 e. The van der Waals surface area contributed by atoms with Gasteiger partial charge in [0.2, 0.25) is 5.91 Å². The van der Waals surface area contributed by atoms with Gasteiger partial charge in [-0.3, -0.25) is 9.69 Å². The molecule has 0 atom stereocenters. The number of pyridine rings is 1. The van der Waals surface area contributed by atoms with E-state index in [1.165, 1.54) is 30.5 Å². The van der Waals surface area contributed by atoms with E-state index in [4.69, 9.17) is 4.74 Å². The van der Waals surface area contributed by atoms with Crippen molar-refractivity contribution in [2.24, 2.45) is 4.99 Å². The molecule has 0 spiro atoms. The Morgan fingerprint density at radius 2 is 1.91 bits per heavy atom. The molecule has 1 aliphatic rings. The molecule has 1 N–H and O–H groups in total. The third kappa shape index (κ3) is 6.35. The van der Waals surface area contributed by atoms with Crippen LogP contribution in [-0.4, -0.2) is 49.7 Å². The molecule has 0 unspecified atom stereocenters. The topological polar surface area (TPSA) is 115 Å². The summed E-state index contributed by atoms with van der Waals surface area (Å²) in [6.07, 6.45) is -2.62. The van der Waals surface area contributed by atoms with Crippen LogP contribution in [0.25, 0.3) is 17.2 Å². The average molecular weight is 614 g/mol. The summed E-state index contributed by atoms with van der Waals surface area (Å²) in [6.45, 7) is 3.95. The molecule has 4 aromatic rings. The number of benzene rings is 2. The third-order valence-corrected chi connectivity index (χ3v) is 7.26. The number of hydrogen-bond acceptors (Lipinski definition) is 7. The van der Waals surface area contributed by atoms with Crippen molar-refractivity contribution in [1.82, 2.24) is 19.7 Å². The Morgan fingerprint density at radius 1 is 1.12 bits per heavy atom. The zero-order valence-corrected chi connectivity index (χ0v) is 23.7. The van der Waals surface area contributed by atoms with Crippen LogP contribution in [0.1, 0.15) is 30.9 Å². The van der Waals surface area contributed by atoms with Crippen LogP contribution in [0.4, 0.5) is 33.7 Å². The van der Waals surface area contributed by atoms with Crippen molar-refractivity contribution in [3.8, 4) is 23.0 Å². The summed E-state index contributed by atoms with van der Waals surface area (Å²) in [4.78, 5) is 38.8. The summed E-state index contributed by atoms with van der Waals surface area (Å²) in [7, 11) is 1.51. The number of anilines is 2. The van der Waals surface area contributed by atoms with E-state index in [1.54, 1.807) is 12.1 Å². The molecule has 43 heavy (non-hydrogen) atoms. The van der Waals surface area contributed by atoms with Gasteiger partial charge in [0.15, 0.2) is 16.8 Å². The number of halogens is 4. The van der Waals surface area contributed by atoms with Crippen LogP contribution in [0.2, 0.25) is 0 Å². The molecule has 0 aliphatic carbocycles. The smallest absolute Gasteiger partial charge is 0.417 e. The lowest BCUT2D eigenvalue weighted by Crippen LogP contribution is -2.31. The normalized spacial score (nSPS) is 14.6. The van der Waals surface area contributed by atoms with Gasteiger partial charge in [0.25, 0.3) is 0 Å². The summed E-state index contributed by atoms with van der Waals surface area (Å²) < 4.78 is 59.9. The maximum atomic E-state index is 15.0. The van der Waals surface area contributed by atoms with Gasteiger partial charge in [-0.25, -0.2) is 23.8 Å². The Hall–Kier alpha value is -4.79. The van der Waals surface area contributed by atoms with E-state index in [0.29, 0.717) is 17.6 Å². The van der Waals surface area contributed by atoms with Crippen molar-refractivity contribution in [3.05, 3.63) is 78.0 Å². The second-order valence-electron chi connectivity index (χ2n) is 9.53. The number of nitrogens with zero attached hydrogens (tertiary/aromatic N) is 6. The minimum Gasteiger partial charge on any atom is -0.497 e. The van der Waals surface area contributed by atoms with E-state index >= 15 is 0 Å². The summed E-state index contributed by atoms with van der Waals surface area (Å²) in [5.41, 5.74) is 0.566. The molecule has 10 nitrogen and oxygen atoms in total. The molecule has 1 aliphatic heterocycles. The fraction of sp³-hybridized carbons (Fsp3) is 0.214. The predicted octanol–water partition coefficient (Wildman–Crippen LogP) is 6.29. The zero-order chi connectivity index (χ0) is 30.9. The van der Waals surface area contributed by atoms with E-state index < -0.39 is 23.6 Å². The van der Waals surface area contributed by atoms with Gasteiger partial charge in [0.05, 0.1) is 29.8 Å². The van der Waals surface area contributed by atoms with Crippen LogP contribution in [0.3, 0.4) is 0 Å². The van der Waals surface area contributed by atoms with Gasteiger partial charge < -0.3 is 10.1 Å². The van der Waals surface area contributed by atoms with Crippen LogP contribution in [0.5, 0.6) is 5.75 Å². The first-order chi connectivity index (χ1) is 20.4. The molecule has 1 saturated heterocycles. The van der Waals surface area contributed by atoms with Crippen LogP contribution < -0.4 is 15.0 Å². The van der Waals surface area contributed by atoms with Crippen molar-refractivity contribution in [1.29, 1.82) is 0 Å². The maximum absolute atomic E-state index is 15.0. The first kappa shape index (κ1) is 29.7. The van der Waals surface area contributed by atoms with E-state index in [2.05, 4.69) is 25.4 Å².